The van der Waals surface area contributed by atoms with E-state index in [1.807, 2.05) is 0 Å². The summed E-state index contributed by atoms with van der Waals surface area (Å²) in [7, 11) is 0. The normalized spacial score (nSPS) is 11.6. The monoisotopic (exact) mass is 306 g/mol. The van der Waals surface area contributed by atoms with Gasteiger partial charge < -0.3 is 0 Å². The van der Waals surface area contributed by atoms with E-state index in [1.54, 1.807) is 0 Å². The molecular formula is C18H20Cl2. The molecule has 2 aromatic rings. The van der Waals surface area contributed by atoms with Gasteiger partial charge in [-0.3, -0.25) is 0 Å². The van der Waals surface area contributed by atoms with E-state index in [0.29, 0.717) is 11.8 Å². The van der Waals surface area contributed by atoms with Crippen molar-refractivity contribution in [2.45, 2.75) is 25.7 Å². The van der Waals surface area contributed by atoms with Gasteiger partial charge in [-0.25, -0.2) is 0 Å². The van der Waals surface area contributed by atoms with Crippen LogP contribution in [0.1, 0.15) is 22.3 Å². The van der Waals surface area contributed by atoms with Gasteiger partial charge in [0, 0.05) is 17.2 Å². The second-order valence-electron chi connectivity index (χ2n) is 5.52. The van der Waals surface area contributed by atoms with E-state index in [-0.39, 0.29) is 5.41 Å². The summed E-state index contributed by atoms with van der Waals surface area (Å²) in [4.78, 5) is 0. The predicted molar refractivity (Wildman–Crippen MR) is 89.2 cm³/mol. The summed E-state index contributed by atoms with van der Waals surface area (Å²) < 4.78 is 0. The maximum Gasteiger partial charge on any atom is 0.0335 e. The molecule has 0 unspecified atom stereocenters. The molecule has 0 bridgehead atoms. The van der Waals surface area contributed by atoms with E-state index in [9.17, 15) is 0 Å². The van der Waals surface area contributed by atoms with Crippen molar-refractivity contribution in [2.75, 3.05) is 11.8 Å². The number of aryl methyl sites for hydroxylation is 2. The van der Waals surface area contributed by atoms with Crippen molar-refractivity contribution in [3.63, 3.8) is 0 Å². The van der Waals surface area contributed by atoms with Crippen molar-refractivity contribution in [2.24, 2.45) is 0 Å². The highest BCUT2D eigenvalue weighted by Crippen LogP contribution is 2.33. The molecule has 0 saturated carbocycles. The first-order valence-electron chi connectivity index (χ1n) is 6.85. The molecule has 0 atom stereocenters. The van der Waals surface area contributed by atoms with Gasteiger partial charge in [-0.2, -0.15) is 0 Å². The van der Waals surface area contributed by atoms with Crippen LogP contribution < -0.4 is 0 Å². The van der Waals surface area contributed by atoms with E-state index in [0.717, 1.165) is 6.42 Å². The van der Waals surface area contributed by atoms with Gasteiger partial charge in [0.2, 0.25) is 0 Å². The fourth-order valence-corrected chi connectivity index (χ4v) is 3.32. The summed E-state index contributed by atoms with van der Waals surface area (Å²) in [6, 6.07) is 17.0. The molecule has 0 spiro atoms. The van der Waals surface area contributed by atoms with Crippen molar-refractivity contribution in [3.05, 3.63) is 70.8 Å². The van der Waals surface area contributed by atoms with Gasteiger partial charge >= 0.3 is 0 Å². The molecule has 106 valence electrons. The Balaban J connectivity index is 2.42. The Morgan fingerprint density at radius 2 is 1.60 bits per heavy atom. The Morgan fingerprint density at radius 1 is 0.900 bits per heavy atom. The standard InChI is InChI=1S/C18H20Cl2/c1-14-6-5-9-17(10-14)18(12-19,13-20)11-16-8-4-3-7-15(16)2/h3-10H,11-13H2,1-2H3. The molecule has 2 rings (SSSR count). The summed E-state index contributed by atoms with van der Waals surface area (Å²) in [5, 5.41) is 0. The molecule has 0 aliphatic heterocycles. The minimum atomic E-state index is -0.207. The highest BCUT2D eigenvalue weighted by Gasteiger charge is 2.31. The first kappa shape index (κ1) is 15.4. The molecular weight excluding hydrogens is 287 g/mol. The molecule has 0 nitrogen and oxygen atoms in total. The van der Waals surface area contributed by atoms with Crippen LogP contribution in [0.15, 0.2) is 48.5 Å². The largest absolute Gasteiger partial charge is 0.126 e. The number of hydrogen-bond donors (Lipinski definition) is 0. The average Bonchev–Trinajstić information content (AvgIpc) is 2.47. The highest BCUT2D eigenvalue weighted by molar-refractivity contribution is 6.22. The smallest absolute Gasteiger partial charge is 0.0335 e. The lowest BCUT2D eigenvalue weighted by atomic mass is 9.77. The third kappa shape index (κ3) is 3.19. The van der Waals surface area contributed by atoms with Gasteiger partial charge in [0.25, 0.3) is 0 Å². The fraction of sp³-hybridized carbons (Fsp3) is 0.333. The van der Waals surface area contributed by atoms with Gasteiger partial charge in [-0.05, 0) is 37.0 Å². The first-order valence-corrected chi connectivity index (χ1v) is 7.92. The quantitative estimate of drug-likeness (QED) is 0.661. The van der Waals surface area contributed by atoms with E-state index < -0.39 is 0 Å². The van der Waals surface area contributed by atoms with E-state index in [2.05, 4.69) is 62.4 Å². The molecule has 0 aliphatic rings. The molecule has 0 amide bonds. The Labute approximate surface area is 131 Å². The lowest BCUT2D eigenvalue weighted by molar-refractivity contribution is 0.534. The maximum absolute atomic E-state index is 6.33. The molecule has 0 saturated heterocycles. The summed E-state index contributed by atoms with van der Waals surface area (Å²) in [5.74, 6) is 1.04. The van der Waals surface area contributed by atoms with Gasteiger partial charge in [-0.1, -0.05) is 54.1 Å². The Kier molecular flexibility index (Phi) is 5.12. The lowest BCUT2D eigenvalue weighted by Gasteiger charge is -2.31. The number of halogens is 2. The minimum Gasteiger partial charge on any atom is -0.126 e. The summed E-state index contributed by atoms with van der Waals surface area (Å²) in [6.45, 7) is 4.24. The molecule has 0 heterocycles. The molecule has 0 aromatic heterocycles. The van der Waals surface area contributed by atoms with Gasteiger partial charge in [0.05, 0.1) is 0 Å². The maximum atomic E-state index is 6.33. The fourth-order valence-electron chi connectivity index (χ4n) is 2.53. The Bertz CT molecular complexity index is 571. The first-order chi connectivity index (χ1) is 9.61. The van der Waals surface area contributed by atoms with Crippen molar-refractivity contribution in [3.8, 4) is 0 Å². The van der Waals surface area contributed by atoms with E-state index in [1.165, 1.54) is 22.3 Å². The number of rotatable bonds is 5. The van der Waals surface area contributed by atoms with E-state index >= 15 is 0 Å². The third-order valence-corrected chi connectivity index (χ3v) is 4.96. The summed E-state index contributed by atoms with van der Waals surface area (Å²) in [6.07, 6.45) is 0.871. The Hall–Kier alpha value is -0.980. The van der Waals surface area contributed by atoms with Crippen LogP contribution in [0, 0.1) is 13.8 Å². The molecule has 0 radical (unpaired) electrons. The number of hydrogen-bond acceptors (Lipinski definition) is 0. The van der Waals surface area contributed by atoms with Crippen molar-refractivity contribution >= 4 is 23.2 Å². The molecule has 0 N–H and O–H groups in total. The SMILES string of the molecule is Cc1cccc(C(CCl)(CCl)Cc2ccccc2C)c1. The number of alkyl halides is 2. The van der Waals surface area contributed by atoms with Crippen molar-refractivity contribution in [1.29, 1.82) is 0 Å². The molecule has 20 heavy (non-hydrogen) atoms. The lowest BCUT2D eigenvalue weighted by Crippen LogP contribution is -2.33. The summed E-state index contributed by atoms with van der Waals surface area (Å²) >= 11 is 12.7. The van der Waals surface area contributed by atoms with Gasteiger partial charge in [0.15, 0.2) is 0 Å². The highest BCUT2D eigenvalue weighted by atomic mass is 35.5. The van der Waals surface area contributed by atoms with Gasteiger partial charge in [-0.15, -0.1) is 23.2 Å². The minimum absolute atomic E-state index is 0.207. The van der Waals surface area contributed by atoms with E-state index in [4.69, 9.17) is 23.2 Å². The van der Waals surface area contributed by atoms with Crippen LogP contribution in [0.3, 0.4) is 0 Å². The topological polar surface area (TPSA) is 0 Å². The molecule has 0 aliphatic carbocycles. The molecule has 2 aromatic carbocycles. The number of benzene rings is 2. The van der Waals surface area contributed by atoms with Crippen LogP contribution in [0.25, 0.3) is 0 Å². The average molecular weight is 307 g/mol. The summed E-state index contributed by atoms with van der Waals surface area (Å²) in [5.41, 5.74) is 4.87. The third-order valence-electron chi connectivity index (χ3n) is 3.93. The van der Waals surface area contributed by atoms with Crippen molar-refractivity contribution in [1.82, 2.24) is 0 Å². The van der Waals surface area contributed by atoms with Gasteiger partial charge in [0.1, 0.15) is 0 Å². The Morgan fingerprint density at radius 3 is 2.20 bits per heavy atom. The van der Waals surface area contributed by atoms with Crippen LogP contribution in [0.4, 0.5) is 0 Å². The van der Waals surface area contributed by atoms with Crippen LogP contribution in [0.2, 0.25) is 0 Å². The van der Waals surface area contributed by atoms with Crippen LogP contribution >= 0.6 is 23.2 Å². The second-order valence-corrected chi connectivity index (χ2v) is 6.05. The zero-order valence-corrected chi connectivity index (χ0v) is 13.5. The zero-order chi connectivity index (χ0) is 14.6. The van der Waals surface area contributed by atoms with Crippen LogP contribution in [-0.2, 0) is 11.8 Å². The van der Waals surface area contributed by atoms with Crippen molar-refractivity contribution < 1.29 is 0 Å². The molecule has 0 fully saturated rings. The van der Waals surface area contributed by atoms with Crippen LogP contribution in [-0.4, -0.2) is 11.8 Å². The van der Waals surface area contributed by atoms with Crippen LogP contribution in [0.5, 0.6) is 0 Å². The predicted octanol–water partition coefficient (Wildman–Crippen LogP) is 5.26. The second kappa shape index (κ2) is 6.65. The zero-order valence-electron chi connectivity index (χ0n) is 12.0. The molecule has 2 heteroatoms.